The first-order chi connectivity index (χ1) is 16.1. The standard InChI is InChI=1S/C25H22Cl2N2O3S2/c1-34(31,32)20-5-2-16(3-6-20)10-19(30)12-24-22(13-28)21-8-9-29(15-25(21)33-24)14-17-11-18(26)4-7-23(17)27/h2-7,11H,8-10,12,14-15H2,1H3. The molecule has 5 nitrogen and oxygen atoms in total. The van der Waals surface area contributed by atoms with Crippen LogP contribution in [0.3, 0.4) is 0 Å². The molecule has 1 aromatic heterocycles. The van der Waals surface area contributed by atoms with Crippen LogP contribution in [0.25, 0.3) is 0 Å². The molecule has 0 aliphatic carbocycles. The van der Waals surface area contributed by atoms with Gasteiger partial charge in [0, 0.05) is 58.5 Å². The third-order valence-electron chi connectivity index (χ3n) is 5.83. The van der Waals surface area contributed by atoms with Crippen LogP contribution in [0.4, 0.5) is 0 Å². The zero-order valence-electron chi connectivity index (χ0n) is 18.5. The van der Waals surface area contributed by atoms with Gasteiger partial charge >= 0.3 is 0 Å². The molecule has 2 aromatic carbocycles. The number of fused-ring (bicyclic) bond motifs is 1. The van der Waals surface area contributed by atoms with E-state index < -0.39 is 9.84 Å². The van der Waals surface area contributed by atoms with Gasteiger partial charge in [0.05, 0.1) is 10.5 Å². The maximum Gasteiger partial charge on any atom is 0.175 e. The molecule has 1 aliphatic heterocycles. The number of hydrogen-bond acceptors (Lipinski definition) is 6. The van der Waals surface area contributed by atoms with Gasteiger partial charge in [0.2, 0.25) is 0 Å². The Morgan fingerprint density at radius 1 is 1.15 bits per heavy atom. The second-order valence-corrected chi connectivity index (χ2v) is 12.5. The zero-order chi connectivity index (χ0) is 24.5. The van der Waals surface area contributed by atoms with E-state index in [1.807, 2.05) is 6.07 Å². The van der Waals surface area contributed by atoms with Crippen molar-refractivity contribution in [2.24, 2.45) is 0 Å². The van der Waals surface area contributed by atoms with Crippen molar-refractivity contribution < 1.29 is 13.2 Å². The number of carbonyl (C=O) groups excluding carboxylic acids is 1. The minimum absolute atomic E-state index is 0.00947. The van der Waals surface area contributed by atoms with Crippen molar-refractivity contribution in [1.82, 2.24) is 4.90 Å². The van der Waals surface area contributed by atoms with Crippen LogP contribution >= 0.6 is 34.5 Å². The quantitative estimate of drug-likeness (QED) is 0.415. The van der Waals surface area contributed by atoms with E-state index in [1.54, 1.807) is 24.3 Å². The van der Waals surface area contributed by atoms with Crippen LogP contribution in [0.1, 0.15) is 32.0 Å². The van der Waals surface area contributed by atoms with Crippen LogP contribution in [0.2, 0.25) is 10.0 Å². The number of Topliss-reactive ketones (excluding diaryl/α,β-unsaturated/α-hetero) is 1. The van der Waals surface area contributed by atoms with Crippen molar-refractivity contribution in [2.45, 2.75) is 37.2 Å². The molecule has 0 amide bonds. The molecule has 0 spiro atoms. The fourth-order valence-corrected chi connectivity index (χ4v) is 6.51. The molecule has 3 aromatic rings. The second-order valence-electron chi connectivity index (χ2n) is 8.42. The highest BCUT2D eigenvalue weighted by Crippen LogP contribution is 2.34. The van der Waals surface area contributed by atoms with Crippen molar-refractivity contribution in [3.05, 3.63) is 84.5 Å². The van der Waals surface area contributed by atoms with Gasteiger partial charge in [-0.1, -0.05) is 35.3 Å². The zero-order valence-corrected chi connectivity index (χ0v) is 21.6. The van der Waals surface area contributed by atoms with Gasteiger partial charge in [0.15, 0.2) is 9.84 Å². The number of carbonyl (C=O) groups is 1. The highest BCUT2D eigenvalue weighted by atomic mass is 35.5. The number of hydrogen-bond donors (Lipinski definition) is 0. The van der Waals surface area contributed by atoms with Gasteiger partial charge in [-0.25, -0.2) is 8.42 Å². The van der Waals surface area contributed by atoms with E-state index in [0.29, 0.717) is 28.7 Å². The molecule has 176 valence electrons. The number of nitrogens with zero attached hydrogens (tertiary/aromatic N) is 2. The van der Waals surface area contributed by atoms with Crippen LogP contribution in [0.15, 0.2) is 47.4 Å². The summed E-state index contributed by atoms with van der Waals surface area (Å²) in [6.07, 6.45) is 2.28. The van der Waals surface area contributed by atoms with Crippen LogP contribution in [-0.2, 0) is 47.0 Å². The minimum Gasteiger partial charge on any atom is -0.299 e. The van der Waals surface area contributed by atoms with Gasteiger partial charge in [-0.3, -0.25) is 9.69 Å². The topological polar surface area (TPSA) is 78.2 Å². The minimum atomic E-state index is -3.27. The lowest BCUT2D eigenvalue weighted by atomic mass is 9.99. The maximum absolute atomic E-state index is 12.8. The summed E-state index contributed by atoms with van der Waals surface area (Å²) in [5, 5.41) is 11.1. The molecule has 9 heteroatoms. The maximum atomic E-state index is 12.8. The van der Waals surface area contributed by atoms with Gasteiger partial charge in [-0.2, -0.15) is 5.26 Å². The Morgan fingerprint density at radius 2 is 1.88 bits per heavy atom. The number of thiophene rings is 1. The predicted molar refractivity (Wildman–Crippen MR) is 135 cm³/mol. The Bertz CT molecular complexity index is 1390. The van der Waals surface area contributed by atoms with Crippen LogP contribution in [0, 0.1) is 11.3 Å². The van der Waals surface area contributed by atoms with E-state index in [9.17, 15) is 18.5 Å². The summed E-state index contributed by atoms with van der Waals surface area (Å²) in [7, 11) is -3.27. The molecular formula is C25H22Cl2N2O3S2. The van der Waals surface area contributed by atoms with Crippen molar-refractivity contribution in [3.8, 4) is 6.07 Å². The van der Waals surface area contributed by atoms with Gasteiger partial charge < -0.3 is 0 Å². The molecule has 0 unspecified atom stereocenters. The number of benzene rings is 2. The molecule has 2 heterocycles. The molecule has 0 radical (unpaired) electrons. The van der Waals surface area contributed by atoms with E-state index >= 15 is 0 Å². The fraction of sp³-hybridized carbons (Fsp3) is 0.280. The highest BCUT2D eigenvalue weighted by Gasteiger charge is 2.26. The van der Waals surface area contributed by atoms with E-state index in [-0.39, 0.29) is 23.5 Å². The smallest absolute Gasteiger partial charge is 0.175 e. The van der Waals surface area contributed by atoms with E-state index in [4.69, 9.17) is 23.2 Å². The molecular weight excluding hydrogens is 511 g/mol. The molecule has 1 aliphatic rings. The van der Waals surface area contributed by atoms with Gasteiger partial charge in [-0.15, -0.1) is 11.3 Å². The normalized spacial score (nSPS) is 13.9. The summed E-state index contributed by atoms with van der Waals surface area (Å²) < 4.78 is 23.2. The highest BCUT2D eigenvalue weighted by molar-refractivity contribution is 7.90. The summed E-state index contributed by atoms with van der Waals surface area (Å²) in [6.45, 7) is 2.15. The molecule has 34 heavy (non-hydrogen) atoms. The van der Waals surface area contributed by atoms with Crippen LogP contribution in [0.5, 0.6) is 0 Å². The fourth-order valence-electron chi connectivity index (χ4n) is 4.13. The monoisotopic (exact) mass is 532 g/mol. The molecule has 0 saturated carbocycles. The molecule has 0 fully saturated rings. The number of sulfone groups is 1. The van der Waals surface area contributed by atoms with Gasteiger partial charge in [0.25, 0.3) is 0 Å². The first-order valence-electron chi connectivity index (χ1n) is 10.6. The summed E-state index contributed by atoms with van der Waals surface area (Å²) in [5.41, 5.74) is 3.39. The Kier molecular flexibility index (Phi) is 7.46. The van der Waals surface area contributed by atoms with Crippen molar-refractivity contribution in [3.63, 3.8) is 0 Å². The lowest BCUT2D eigenvalue weighted by Gasteiger charge is -2.27. The first-order valence-corrected chi connectivity index (χ1v) is 14.1. The summed E-state index contributed by atoms with van der Waals surface area (Å²) in [4.78, 5) is 17.2. The Morgan fingerprint density at radius 3 is 2.56 bits per heavy atom. The van der Waals surface area contributed by atoms with Gasteiger partial charge in [0.1, 0.15) is 11.9 Å². The largest absolute Gasteiger partial charge is 0.299 e. The van der Waals surface area contributed by atoms with Crippen molar-refractivity contribution in [2.75, 3.05) is 12.8 Å². The lowest BCUT2D eigenvalue weighted by Crippen LogP contribution is -2.29. The lowest BCUT2D eigenvalue weighted by molar-refractivity contribution is -0.117. The molecule has 0 N–H and O–H groups in total. The first kappa shape index (κ1) is 24.9. The third kappa shape index (κ3) is 5.70. The van der Waals surface area contributed by atoms with E-state index in [2.05, 4.69) is 11.0 Å². The molecule has 0 bridgehead atoms. The molecule has 0 saturated heterocycles. The Labute approximate surface area is 213 Å². The number of halogens is 2. The SMILES string of the molecule is CS(=O)(=O)c1ccc(CC(=O)Cc2sc3c(c2C#N)CCN(Cc2cc(Cl)ccc2Cl)C3)cc1. The number of rotatable bonds is 7. The van der Waals surface area contributed by atoms with Crippen molar-refractivity contribution >= 4 is 50.2 Å². The number of ketones is 1. The van der Waals surface area contributed by atoms with E-state index in [1.165, 1.54) is 23.5 Å². The van der Waals surface area contributed by atoms with Crippen molar-refractivity contribution in [1.29, 1.82) is 5.26 Å². The number of nitriles is 1. The third-order valence-corrected chi connectivity index (χ3v) is 8.78. The Balaban J connectivity index is 1.46. The molecule has 4 rings (SSSR count). The summed E-state index contributed by atoms with van der Waals surface area (Å²) in [6, 6.07) is 14.1. The predicted octanol–water partition coefficient (Wildman–Crippen LogP) is 5.24. The Hall–Kier alpha value is -2.21. The average Bonchev–Trinajstić information content (AvgIpc) is 3.12. The average molecular weight is 534 g/mol. The van der Waals surface area contributed by atoms with E-state index in [0.717, 1.165) is 45.7 Å². The second kappa shape index (κ2) is 10.2. The summed E-state index contributed by atoms with van der Waals surface area (Å²) in [5.74, 6) is -0.00947. The summed E-state index contributed by atoms with van der Waals surface area (Å²) >= 11 is 14.0. The van der Waals surface area contributed by atoms with Crippen LogP contribution in [-0.4, -0.2) is 31.9 Å². The van der Waals surface area contributed by atoms with Crippen LogP contribution < -0.4 is 0 Å². The molecule has 0 atom stereocenters. The van der Waals surface area contributed by atoms with Gasteiger partial charge in [-0.05, 0) is 53.4 Å².